The highest BCUT2D eigenvalue weighted by atomic mass is 19.4. The van der Waals surface area contributed by atoms with Gasteiger partial charge >= 0.3 is 12.4 Å². The van der Waals surface area contributed by atoms with Crippen LogP contribution in [0.4, 0.5) is 26.3 Å². The van der Waals surface area contributed by atoms with E-state index in [2.05, 4.69) is 12.1 Å². The maximum Gasteiger partial charge on any atom is 0.416 e. The highest BCUT2D eigenvalue weighted by molar-refractivity contribution is 6.27. The van der Waals surface area contributed by atoms with Crippen molar-refractivity contribution in [1.82, 2.24) is 0 Å². The lowest BCUT2D eigenvalue weighted by Crippen LogP contribution is -2.04. The van der Waals surface area contributed by atoms with Crippen molar-refractivity contribution >= 4 is 22.3 Å². The van der Waals surface area contributed by atoms with Crippen LogP contribution in [0, 0.1) is 22.7 Å². The third-order valence-electron chi connectivity index (χ3n) is 8.95. The molecule has 0 amide bonds. The van der Waals surface area contributed by atoms with Gasteiger partial charge in [-0.25, -0.2) is 0 Å². The Morgan fingerprint density at radius 1 is 0.574 bits per heavy atom. The molecule has 0 heterocycles. The molecule has 230 valence electrons. The predicted octanol–water partition coefficient (Wildman–Crippen LogP) is 10.2. The van der Waals surface area contributed by atoms with Gasteiger partial charge in [0.25, 0.3) is 0 Å². The van der Waals surface area contributed by atoms with E-state index in [1.165, 1.54) is 24.3 Å². The maximum absolute atomic E-state index is 13.2. The highest BCUT2D eigenvalue weighted by Crippen LogP contribution is 2.62. The van der Waals surface area contributed by atoms with Crippen molar-refractivity contribution in [2.75, 3.05) is 0 Å². The molecular formula is C38H21F6N3. The van der Waals surface area contributed by atoms with Gasteiger partial charge in [-0.15, -0.1) is 0 Å². The number of nitrogens with two attached hydrogens (primary N) is 1. The lowest BCUT2D eigenvalue weighted by atomic mass is 9.90. The number of hydrogen-bond acceptors (Lipinski definition) is 3. The third-order valence-corrected chi connectivity index (χ3v) is 8.95. The van der Waals surface area contributed by atoms with E-state index in [1.54, 1.807) is 6.92 Å². The molecule has 4 aromatic carbocycles. The molecule has 9 heteroatoms. The van der Waals surface area contributed by atoms with E-state index >= 15 is 0 Å². The van der Waals surface area contributed by atoms with Gasteiger partial charge in [0, 0.05) is 17.6 Å². The fourth-order valence-corrected chi connectivity index (χ4v) is 6.85. The quantitative estimate of drug-likeness (QED) is 0.176. The van der Waals surface area contributed by atoms with Crippen LogP contribution in [0.1, 0.15) is 46.7 Å². The zero-order valence-corrected chi connectivity index (χ0v) is 24.5. The molecule has 0 saturated heterocycles. The lowest BCUT2D eigenvalue weighted by Gasteiger charge is -2.13. The number of nitriles is 2. The minimum atomic E-state index is -4.46. The fraction of sp³-hybridized carbons (Fsp3) is 0.105. The van der Waals surface area contributed by atoms with Crippen molar-refractivity contribution in [3.8, 4) is 34.4 Å². The van der Waals surface area contributed by atoms with E-state index in [0.717, 1.165) is 68.8 Å². The van der Waals surface area contributed by atoms with Crippen molar-refractivity contribution in [3.05, 3.63) is 141 Å². The summed E-state index contributed by atoms with van der Waals surface area (Å²) in [5, 5.41) is 19.9. The maximum atomic E-state index is 13.2. The fourth-order valence-electron chi connectivity index (χ4n) is 6.85. The summed E-state index contributed by atoms with van der Waals surface area (Å²) in [7, 11) is 0. The normalized spacial score (nSPS) is 17.1. The summed E-state index contributed by atoms with van der Waals surface area (Å²) in [4.78, 5) is 0. The first-order valence-electron chi connectivity index (χ1n) is 14.4. The third kappa shape index (κ3) is 4.66. The molecule has 0 saturated carbocycles. The Hall–Kier alpha value is -5.80. The first-order chi connectivity index (χ1) is 22.3. The van der Waals surface area contributed by atoms with Gasteiger partial charge in [0.1, 0.15) is 11.8 Å². The average molecular weight is 634 g/mol. The van der Waals surface area contributed by atoms with Crippen molar-refractivity contribution in [3.63, 3.8) is 0 Å². The van der Waals surface area contributed by atoms with E-state index in [-0.39, 0.29) is 5.70 Å². The Labute approximate surface area is 265 Å². The molecule has 0 spiro atoms. The highest BCUT2D eigenvalue weighted by Gasteiger charge is 2.42. The standard InChI is InChI=1S/C38H21F6N3/c1-19(17-45)33-28-14-22(20-2-8-24(9-3-20)37(39,40)41)6-12-26(28)35-30(33)16-31-34(32(47)18-46)29-15-23(7-13-27(29)36(31)35)21-4-10-25(11-5-21)38(42,43)44/h2-15H,16,47H2,1H3/b33-19+,34-32-. The number of allylic oxidation sites excluding steroid dienone is 8. The largest absolute Gasteiger partial charge is 0.416 e. The van der Waals surface area contributed by atoms with Gasteiger partial charge in [0.2, 0.25) is 0 Å². The number of halogens is 6. The van der Waals surface area contributed by atoms with Gasteiger partial charge in [0.15, 0.2) is 0 Å². The Kier molecular flexibility index (Phi) is 6.59. The van der Waals surface area contributed by atoms with Gasteiger partial charge in [0.05, 0.1) is 17.2 Å². The smallest absolute Gasteiger partial charge is 0.390 e. The minimum absolute atomic E-state index is 0.00222. The zero-order valence-electron chi connectivity index (χ0n) is 24.5. The minimum Gasteiger partial charge on any atom is -0.390 e. The van der Waals surface area contributed by atoms with Gasteiger partial charge in [-0.2, -0.15) is 36.9 Å². The molecule has 3 aliphatic carbocycles. The van der Waals surface area contributed by atoms with Gasteiger partial charge in [-0.1, -0.05) is 48.5 Å². The van der Waals surface area contributed by atoms with E-state index in [9.17, 15) is 36.9 Å². The van der Waals surface area contributed by atoms with Gasteiger partial charge < -0.3 is 5.73 Å². The number of nitrogens with zero attached hydrogens (tertiary/aromatic N) is 2. The van der Waals surface area contributed by atoms with Gasteiger partial charge in [-0.3, -0.25) is 0 Å². The van der Waals surface area contributed by atoms with Crippen LogP contribution in [0.25, 0.3) is 44.5 Å². The van der Waals surface area contributed by atoms with Crippen LogP contribution in [-0.4, -0.2) is 0 Å². The molecule has 0 fully saturated rings. The molecule has 3 aliphatic rings. The van der Waals surface area contributed by atoms with Crippen LogP contribution in [-0.2, 0) is 12.4 Å². The molecular weight excluding hydrogens is 612 g/mol. The van der Waals surface area contributed by atoms with Crippen molar-refractivity contribution < 1.29 is 26.3 Å². The SMILES string of the molecule is C/C(C#N)=C1\C2=C(C3=C(C2)/C(=C(\N)C#N)c2cc(-c4ccc(C(F)(F)F)cc4)ccc23)c2ccc(-c3ccc(C(F)(F)F)cc3)cc21. The number of rotatable bonds is 2. The second-order valence-corrected chi connectivity index (χ2v) is 11.6. The molecule has 0 aromatic heterocycles. The van der Waals surface area contributed by atoms with E-state index in [4.69, 9.17) is 5.73 Å². The molecule has 47 heavy (non-hydrogen) atoms. The summed E-state index contributed by atoms with van der Waals surface area (Å²) < 4.78 is 79.0. The predicted molar refractivity (Wildman–Crippen MR) is 167 cm³/mol. The molecule has 0 bridgehead atoms. The van der Waals surface area contributed by atoms with Crippen LogP contribution in [0.2, 0.25) is 0 Å². The topological polar surface area (TPSA) is 73.6 Å². The van der Waals surface area contributed by atoms with E-state index < -0.39 is 23.5 Å². The van der Waals surface area contributed by atoms with Crippen LogP contribution >= 0.6 is 0 Å². The summed E-state index contributed by atoms with van der Waals surface area (Å²) in [5.74, 6) is 0. The lowest BCUT2D eigenvalue weighted by molar-refractivity contribution is -0.138. The van der Waals surface area contributed by atoms with Crippen LogP contribution in [0.15, 0.2) is 107 Å². The molecule has 2 N–H and O–H groups in total. The van der Waals surface area contributed by atoms with Gasteiger partial charge in [-0.05, 0) is 116 Å². The summed E-state index contributed by atoms with van der Waals surface area (Å²) in [6.07, 6.45) is -8.53. The summed E-state index contributed by atoms with van der Waals surface area (Å²) in [5.41, 5.74) is 15.7. The van der Waals surface area contributed by atoms with Crippen LogP contribution in [0.3, 0.4) is 0 Å². The van der Waals surface area contributed by atoms with E-state index in [1.807, 2.05) is 36.4 Å². The molecule has 0 unspecified atom stereocenters. The van der Waals surface area contributed by atoms with Crippen molar-refractivity contribution in [2.45, 2.75) is 25.7 Å². The Balaban J connectivity index is 1.36. The van der Waals surface area contributed by atoms with Crippen molar-refractivity contribution in [1.29, 1.82) is 10.5 Å². The second kappa shape index (κ2) is 10.4. The Morgan fingerprint density at radius 2 is 0.979 bits per heavy atom. The molecule has 3 nitrogen and oxygen atoms in total. The van der Waals surface area contributed by atoms with Crippen LogP contribution < -0.4 is 5.73 Å². The molecule has 0 atom stereocenters. The number of fused-ring (bicyclic) bond motifs is 5. The number of benzene rings is 4. The molecule has 0 radical (unpaired) electrons. The molecule has 7 rings (SSSR count). The first kappa shape index (κ1) is 29.9. The van der Waals surface area contributed by atoms with E-state index in [0.29, 0.717) is 45.4 Å². The summed E-state index contributed by atoms with van der Waals surface area (Å²) in [6.45, 7) is 1.72. The number of alkyl halides is 6. The monoisotopic (exact) mass is 633 g/mol. The van der Waals surface area contributed by atoms with Crippen molar-refractivity contribution in [2.24, 2.45) is 5.73 Å². The van der Waals surface area contributed by atoms with Crippen LogP contribution in [0.5, 0.6) is 0 Å². The molecule has 0 aliphatic heterocycles. The zero-order chi connectivity index (χ0) is 33.4. The Bertz CT molecular complexity index is 2090. The molecule has 4 aromatic rings. The average Bonchev–Trinajstić information content (AvgIpc) is 3.68. The first-order valence-corrected chi connectivity index (χ1v) is 14.4. The summed E-state index contributed by atoms with van der Waals surface area (Å²) >= 11 is 0. The number of hydrogen-bond donors (Lipinski definition) is 1. The second-order valence-electron chi connectivity index (χ2n) is 11.6. The Morgan fingerprint density at radius 3 is 1.38 bits per heavy atom. The summed E-state index contributed by atoms with van der Waals surface area (Å²) in [6, 6.07) is 25.2.